The van der Waals surface area contributed by atoms with Crippen molar-refractivity contribution in [3.8, 4) is 17.0 Å². The number of pyridine rings is 1. The third-order valence-corrected chi connectivity index (χ3v) is 4.16. The van der Waals surface area contributed by atoms with Crippen molar-refractivity contribution < 1.29 is 4.74 Å². The van der Waals surface area contributed by atoms with Crippen LogP contribution in [-0.2, 0) is 6.61 Å². The number of nitrogens with zero attached hydrogens (tertiary/aromatic N) is 1. The van der Waals surface area contributed by atoms with E-state index >= 15 is 0 Å². The van der Waals surface area contributed by atoms with Crippen LogP contribution >= 0.6 is 0 Å². The fourth-order valence-electron chi connectivity index (χ4n) is 3.06. The molecule has 3 rings (SSSR count). The summed E-state index contributed by atoms with van der Waals surface area (Å²) in [7, 11) is 0. The van der Waals surface area contributed by atoms with Crippen LogP contribution in [0.5, 0.6) is 5.88 Å². The number of hydrogen-bond acceptors (Lipinski definition) is 2. The predicted octanol–water partition coefficient (Wildman–Crippen LogP) is 4.93. The third-order valence-electron chi connectivity index (χ3n) is 4.16. The first kappa shape index (κ1) is 13.2. The molecule has 1 aromatic carbocycles. The van der Waals surface area contributed by atoms with Gasteiger partial charge in [0.1, 0.15) is 6.61 Å². The highest BCUT2D eigenvalue weighted by Crippen LogP contribution is 2.37. The molecule has 1 aromatic heterocycles. The number of benzene rings is 1. The summed E-state index contributed by atoms with van der Waals surface area (Å²) in [6.07, 6.45) is 5.48. The fourth-order valence-corrected chi connectivity index (χ4v) is 3.06. The van der Waals surface area contributed by atoms with Crippen LogP contribution in [0.25, 0.3) is 11.1 Å². The lowest BCUT2D eigenvalue weighted by molar-refractivity contribution is 0.290. The van der Waals surface area contributed by atoms with E-state index in [-0.39, 0.29) is 0 Å². The van der Waals surface area contributed by atoms with E-state index in [4.69, 9.17) is 4.74 Å². The van der Waals surface area contributed by atoms with Crippen molar-refractivity contribution in [3.63, 3.8) is 0 Å². The van der Waals surface area contributed by atoms with E-state index in [0.29, 0.717) is 12.5 Å². The SMILES string of the molecule is CCCC(CC)c1ccc2c(c1)COc1ncccc1-2. The summed E-state index contributed by atoms with van der Waals surface area (Å²) in [5.41, 5.74) is 5.12. The quantitative estimate of drug-likeness (QED) is 0.783. The van der Waals surface area contributed by atoms with Gasteiger partial charge >= 0.3 is 0 Å². The molecule has 2 aromatic rings. The molecule has 0 aliphatic carbocycles. The Morgan fingerprint density at radius 2 is 2.10 bits per heavy atom. The lowest BCUT2D eigenvalue weighted by Gasteiger charge is -2.22. The summed E-state index contributed by atoms with van der Waals surface area (Å²) in [4.78, 5) is 4.30. The van der Waals surface area contributed by atoms with E-state index in [1.807, 2.05) is 6.07 Å². The van der Waals surface area contributed by atoms with Crippen LogP contribution < -0.4 is 4.74 Å². The van der Waals surface area contributed by atoms with Gasteiger partial charge in [-0.05, 0) is 47.6 Å². The number of hydrogen-bond donors (Lipinski definition) is 0. The molecule has 0 saturated heterocycles. The van der Waals surface area contributed by atoms with Crippen molar-refractivity contribution in [2.45, 2.75) is 45.6 Å². The highest BCUT2D eigenvalue weighted by atomic mass is 16.5. The molecule has 1 atom stereocenters. The van der Waals surface area contributed by atoms with Crippen molar-refractivity contribution >= 4 is 0 Å². The second-order valence-electron chi connectivity index (χ2n) is 5.46. The maximum absolute atomic E-state index is 5.77. The maximum Gasteiger partial charge on any atom is 0.221 e. The minimum Gasteiger partial charge on any atom is -0.472 e. The van der Waals surface area contributed by atoms with E-state index in [9.17, 15) is 0 Å². The number of fused-ring (bicyclic) bond motifs is 3. The van der Waals surface area contributed by atoms with Crippen LogP contribution in [0.1, 0.15) is 50.2 Å². The van der Waals surface area contributed by atoms with Gasteiger partial charge in [-0.3, -0.25) is 0 Å². The number of aromatic nitrogens is 1. The van der Waals surface area contributed by atoms with Crippen LogP contribution in [0.15, 0.2) is 36.5 Å². The van der Waals surface area contributed by atoms with E-state index in [2.05, 4.69) is 43.1 Å². The first-order valence-corrected chi connectivity index (χ1v) is 7.54. The van der Waals surface area contributed by atoms with Gasteiger partial charge in [0.2, 0.25) is 5.88 Å². The van der Waals surface area contributed by atoms with E-state index in [0.717, 1.165) is 11.4 Å². The van der Waals surface area contributed by atoms with Gasteiger partial charge in [0.15, 0.2) is 0 Å². The summed E-state index contributed by atoms with van der Waals surface area (Å²) in [5, 5.41) is 0. The number of rotatable bonds is 4. The highest BCUT2D eigenvalue weighted by Gasteiger charge is 2.19. The molecular formula is C18H21NO. The molecule has 104 valence electrons. The Balaban J connectivity index is 1.99. The molecule has 0 amide bonds. The van der Waals surface area contributed by atoms with Crippen LogP contribution in [0.2, 0.25) is 0 Å². The van der Waals surface area contributed by atoms with Gasteiger partial charge in [-0.25, -0.2) is 4.98 Å². The van der Waals surface area contributed by atoms with Gasteiger partial charge in [-0.2, -0.15) is 0 Å². The first-order valence-electron chi connectivity index (χ1n) is 7.54. The van der Waals surface area contributed by atoms with Crippen LogP contribution in [0.3, 0.4) is 0 Å². The first-order chi connectivity index (χ1) is 9.83. The highest BCUT2D eigenvalue weighted by molar-refractivity contribution is 5.73. The smallest absolute Gasteiger partial charge is 0.221 e. The normalized spacial score (nSPS) is 14.1. The topological polar surface area (TPSA) is 22.1 Å². The lowest BCUT2D eigenvalue weighted by atomic mass is 9.88. The predicted molar refractivity (Wildman–Crippen MR) is 81.9 cm³/mol. The minimum atomic E-state index is 0.635. The van der Waals surface area contributed by atoms with Gasteiger partial charge in [-0.1, -0.05) is 38.5 Å². The number of ether oxygens (including phenoxy) is 1. The monoisotopic (exact) mass is 267 g/mol. The Labute approximate surface area is 120 Å². The third kappa shape index (κ3) is 2.31. The van der Waals surface area contributed by atoms with Crippen LogP contribution in [-0.4, -0.2) is 4.98 Å². The molecule has 0 N–H and O–H groups in total. The molecule has 1 aliphatic heterocycles. The van der Waals surface area contributed by atoms with Crippen molar-refractivity contribution in [1.82, 2.24) is 4.98 Å². The zero-order chi connectivity index (χ0) is 13.9. The fraction of sp³-hybridized carbons (Fsp3) is 0.389. The summed E-state index contributed by atoms with van der Waals surface area (Å²) < 4.78 is 5.77. The molecule has 1 aliphatic rings. The Bertz CT molecular complexity index is 606. The standard InChI is InChI=1S/C18H21NO/c1-3-6-13(4-2)14-8-9-16-15(11-14)12-20-18-17(16)7-5-10-19-18/h5,7-11,13H,3-4,6,12H2,1-2H3. The Hall–Kier alpha value is -1.83. The van der Waals surface area contributed by atoms with Gasteiger partial charge in [-0.15, -0.1) is 0 Å². The van der Waals surface area contributed by atoms with E-state index in [1.165, 1.54) is 36.0 Å². The van der Waals surface area contributed by atoms with Gasteiger partial charge < -0.3 is 4.74 Å². The molecule has 0 bridgehead atoms. The van der Waals surface area contributed by atoms with Crippen molar-refractivity contribution in [2.75, 3.05) is 0 Å². The van der Waals surface area contributed by atoms with E-state index in [1.54, 1.807) is 6.20 Å². The molecule has 0 spiro atoms. The van der Waals surface area contributed by atoms with Crippen molar-refractivity contribution in [1.29, 1.82) is 0 Å². The zero-order valence-electron chi connectivity index (χ0n) is 12.2. The molecule has 0 radical (unpaired) electrons. The zero-order valence-corrected chi connectivity index (χ0v) is 12.2. The average molecular weight is 267 g/mol. The summed E-state index contributed by atoms with van der Waals surface area (Å²) in [5.74, 6) is 1.42. The average Bonchev–Trinajstić information content (AvgIpc) is 2.52. The second kappa shape index (κ2) is 5.66. The Morgan fingerprint density at radius 1 is 1.20 bits per heavy atom. The molecule has 0 saturated carbocycles. The van der Waals surface area contributed by atoms with Crippen LogP contribution in [0.4, 0.5) is 0 Å². The second-order valence-corrected chi connectivity index (χ2v) is 5.46. The Morgan fingerprint density at radius 3 is 2.90 bits per heavy atom. The summed E-state index contributed by atoms with van der Waals surface area (Å²) >= 11 is 0. The summed E-state index contributed by atoms with van der Waals surface area (Å²) in [6, 6.07) is 10.9. The van der Waals surface area contributed by atoms with Gasteiger partial charge in [0.25, 0.3) is 0 Å². The summed E-state index contributed by atoms with van der Waals surface area (Å²) in [6.45, 7) is 5.16. The Kier molecular flexibility index (Phi) is 3.72. The van der Waals surface area contributed by atoms with Crippen LogP contribution in [0, 0.1) is 0 Å². The van der Waals surface area contributed by atoms with Crippen molar-refractivity contribution in [3.05, 3.63) is 47.7 Å². The lowest BCUT2D eigenvalue weighted by Crippen LogP contribution is -2.08. The van der Waals surface area contributed by atoms with Gasteiger partial charge in [0.05, 0.1) is 0 Å². The van der Waals surface area contributed by atoms with Gasteiger partial charge in [0, 0.05) is 11.8 Å². The largest absolute Gasteiger partial charge is 0.472 e. The van der Waals surface area contributed by atoms with E-state index < -0.39 is 0 Å². The molecular weight excluding hydrogens is 246 g/mol. The minimum absolute atomic E-state index is 0.635. The molecule has 2 heterocycles. The van der Waals surface area contributed by atoms with Crippen molar-refractivity contribution in [2.24, 2.45) is 0 Å². The molecule has 1 unspecified atom stereocenters. The molecule has 20 heavy (non-hydrogen) atoms. The maximum atomic E-state index is 5.77. The molecule has 2 heteroatoms. The molecule has 2 nitrogen and oxygen atoms in total. The molecule has 0 fully saturated rings.